The number of rotatable bonds is 5. The highest BCUT2D eigenvalue weighted by Crippen LogP contribution is 2.09. The Morgan fingerprint density at radius 3 is 2.32 bits per heavy atom. The number of hydrogen-bond acceptors (Lipinski definition) is 2. The quantitative estimate of drug-likeness (QED) is 0.762. The minimum Gasteiger partial charge on any atom is -0.355 e. The Kier molecular flexibility index (Phi) is 5.85. The summed E-state index contributed by atoms with van der Waals surface area (Å²) < 4.78 is 0. The lowest BCUT2D eigenvalue weighted by Gasteiger charge is -2.09. The van der Waals surface area contributed by atoms with Crippen molar-refractivity contribution in [2.24, 2.45) is 5.92 Å². The Morgan fingerprint density at radius 1 is 1.16 bits per heavy atom. The molecule has 0 atom stereocenters. The van der Waals surface area contributed by atoms with E-state index in [-0.39, 0.29) is 11.9 Å². The molecule has 0 unspecified atom stereocenters. The van der Waals surface area contributed by atoms with Crippen molar-refractivity contribution in [1.29, 1.82) is 0 Å². The molecular weight excluding hydrogens is 242 g/mol. The van der Waals surface area contributed by atoms with Crippen LogP contribution in [0, 0.1) is 5.92 Å². The Labute approximate surface area is 113 Å². The van der Waals surface area contributed by atoms with Crippen LogP contribution in [0.1, 0.15) is 30.6 Å². The fourth-order valence-corrected chi connectivity index (χ4v) is 1.50. The van der Waals surface area contributed by atoms with Gasteiger partial charge in [0.15, 0.2) is 0 Å². The van der Waals surface area contributed by atoms with Gasteiger partial charge < -0.3 is 16.0 Å². The second-order valence-electron chi connectivity index (χ2n) is 4.72. The molecule has 3 N–H and O–H groups in total. The van der Waals surface area contributed by atoms with Gasteiger partial charge in [-0.15, -0.1) is 0 Å². The van der Waals surface area contributed by atoms with Crippen molar-refractivity contribution >= 4 is 17.6 Å². The van der Waals surface area contributed by atoms with Gasteiger partial charge in [-0.05, 0) is 36.6 Å². The molecule has 5 nitrogen and oxygen atoms in total. The number of urea groups is 1. The van der Waals surface area contributed by atoms with Crippen molar-refractivity contribution in [2.75, 3.05) is 18.9 Å². The minimum atomic E-state index is -0.228. The molecule has 0 aliphatic carbocycles. The molecule has 19 heavy (non-hydrogen) atoms. The van der Waals surface area contributed by atoms with E-state index in [1.54, 1.807) is 31.3 Å². The van der Waals surface area contributed by atoms with Gasteiger partial charge in [-0.3, -0.25) is 4.79 Å². The van der Waals surface area contributed by atoms with Crippen molar-refractivity contribution < 1.29 is 9.59 Å². The predicted octanol–water partition coefficient (Wildman–Crippen LogP) is 2.21. The lowest BCUT2D eigenvalue weighted by molar-refractivity contribution is 0.0963. The lowest BCUT2D eigenvalue weighted by Crippen LogP contribution is -2.30. The van der Waals surface area contributed by atoms with Crippen molar-refractivity contribution in [1.82, 2.24) is 10.6 Å². The Morgan fingerprint density at radius 2 is 1.79 bits per heavy atom. The number of nitrogens with one attached hydrogen (secondary N) is 3. The van der Waals surface area contributed by atoms with Gasteiger partial charge in [0.25, 0.3) is 5.91 Å². The summed E-state index contributed by atoms with van der Waals surface area (Å²) in [5.74, 6) is 0.417. The molecule has 104 valence electrons. The molecular formula is C14H21N3O2. The summed E-state index contributed by atoms with van der Waals surface area (Å²) in [7, 11) is 1.58. The van der Waals surface area contributed by atoms with E-state index in [9.17, 15) is 9.59 Å². The van der Waals surface area contributed by atoms with E-state index in [0.29, 0.717) is 23.7 Å². The summed E-state index contributed by atoms with van der Waals surface area (Å²) in [5, 5.41) is 8.04. The molecule has 0 heterocycles. The van der Waals surface area contributed by atoms with Crippen LogP contribution >= 0.6 is 0 Å². The van der Waals surface area contributed by atoms with Gasteiger partial charge in [0.2, 0.25) is 0 Å². The second-order valence-corrected chi connectivity index (χ2v) is 4.72. The van der Waals surface area contributed by atoms with Gasteiger partial charge in [-0.2, -0.15) is 0 Å². The van der Waals surface area contributed by atoms with Crippen LogP contribution in [-0.2, 0) is 0 Å². The molecule has 0 bridgehead atoms. The number of hydrogen-bond donors (Lipinski definition) is 3. The third kappa shape index (κ3) is 5.42. The highest BCUT2D eigenvalue weighted by Gasteiger charge is 2.04. The maximum atomic E-state index is 11.6. The summed E-state index contributed by atoms with van der Waals surface area (Å²) >= 11 is 0. The van der Waals surface area contributed by atoms with Gasteiger partial charge in [0.1, 0.15) is 0 Å². The average Bonchev–Trinajstić information content (AvgIpc) is 2.38. The first kappa shape index (κ1) is 15.0. The van der Waals surface area contributed by atoms with Crippen LogP contribution in [0.25, 0.3) is 0 Å². The van der Waals surface area contributed by atoms with E-state index in [1.165, 1.54) is 0 Å². The molecule has 5 heteroatoms. The lowest BCUT2D eigenvalue weighted by atomic mass is 10.1. The summed E-state index contributed by atoms with van der Waals surface area (Å²) in [6.45, 7) is 4.87. The minimum absolute atomic E-state index is 0.145. The number of anilines is 1. The van der Waals surface area contributed by atoms with Crippen molar-refractivity contribution in [3.63, 3.8) is 0 Å². The molecule has 0 aliphatic rings. The first-order chi connectivity index (χ1) is 9.02. The van der Waals surface area contributed by atoms with Crippen molar-refractivity contribution in [3.05, 3.63) is 29.8 Å². The molecule has 0 aliphatic heterocycles. The zero-order valence-electron chi connectivity index (χ0n) is 11.6. The summed E-state index contributed by atoms with van der Waals surface area (Å²) in [4.78, 5) is 22.9. The first-order valence-electron chi connectivity index (χ1n) is 6.40. The fourth-order valence-electron chi connectivity index (χ4n) is 1.50. The van der Waals surface area contributed by atoms with Crippen LogP contribution in [0.3, 0.4) is 0 Å². The van der Waals surface area contributed by atoms with Crippen LogP contribution in [0.15, 0.2) is 24.3 Å². The standard InChI is InChI=1S/C14H21N3O2/c1-10(2)8-9-16-14(19)17-12-6-4-11(5-7-12)13(18)15-3/h4-7,10H,8-9H2,1-3H3,(H,15,18)(H2,16,17,19). The van der Waals surface area contributed by atoms with Gasteiger partial charge in [0.05, 0.1) is 0 Å². The molecule has 0 radical (unpaired) electrons. The SMILES string of the molecule is CNC(=O)c1ccc(NC(=O)NCCC(C)C)cc1. The predicted molar refractivity (Wildman–Crippen MR) is 76.3 cm³/mol. The molecule has 0 spiro atoms. The third-order valence-corrected chi connectivity index (χ3v) is 2.64. The molecule has 1 aromatic rings. The van der Waals surface area contributed by atoms with Gasteiger partial charge in [-0.25, -0.2) is 4.79 Å². The van der Waals surface area contributed by atoms with Crippen molar-refractivity contribution in [2.45, 2.75) is 20.3 Å². The van der Waals surface area contributed by atoms with Crippen LogP contribution in [0.2, 0.25) is 0 Å². The molecule has 0 saturated heterocycles. The zero-order chi connectivity index (χ0) is 14.3. The molecule has 1 rings (SSSR count). The Bertz CT molecular complexity index is 427. The second kappa shape index (κ2) is 7.41. The molecule has 0 aromatic heterocycles. The molecule has 0 fully saturated rings. The average molecular weight is 263 g/mol. The topological polar surface area (TPSA) is 70.2 Å². The number of carbonyl (C=O) groups is 2. The fraction of sp³-hybridized carbons (Fsp3) is 0.429. The number of carbonyl (C=O) groups excluding carboxylic acids is 2. The normalized spacial score (nSPS) is 10.1. The monoisotopic (exact) mass is 263 g/mol. The van der Waals surface area contributed by atoms with Crippen LogP contribution in [0.5, 0.6) is 0 Å². The van der Waals surface area contributed by atoms with Gasteiger partial charge in [0, 0.05) is 24.8 Å². The Balaban J connectivity index is 2.44. The maximum absolute atomic E-state index is 11.6. The first-order valence-corrected chi connectivity index (χ1v) is 6.40. The zero-order valence-corrected chi connectivity index (χ0v) is 11.6. The van der Waals surface area contributed by atoms with E-state index >= 15 is 0 Å². The van der Waals surface area contributed by atoms with Crippen LogP contribution < -0.4 is 16.0 Å². The largest absolute Gasteiger partial charge is 0.355 e. The van der Waals surface area contributed by atoms with Crippen LogP contribution in [-0.4, -0.2) is 25.5 Å². The molecule has 1 aromatic carbocycles. The highest BCUT2D eigenvalue weighted by atomic mass is 16.2. The van der Waals surface area contributed by atoms with E-state index in [0.717, 1.165) is 6.42 Å². The molecule has 3 amide bonds. The number of amides is 3. The highest BCUT2D eigenvalue weighted by molar-refractivity contribution is 5.95. The molecule has 0 saturated carbocycles. The van der Waals surface area contributed by atoms with E-state index in [2.05, 4.69) is 29.8 Å². The van der Waals surface area contributed by atoms with Crippen molar-refractivity contribution in [3.8, 4) is 0 Å². The summed E-state index contributed by atoms with van der Waals surface area (Å²) in [6.07, 6.45) is 0.947. The van der Waals surface area contributed by atoms with Gasteiger partial charge >= 0.3 is 6.03 Å². The van der Waals surface area contributed by atoms with E-state index in [1.807, 2.05) is 0 Å². The van der Waals surface area contributed by atoms with E-state index in [4.69, 9.17) is 0 Å². The summed E-state index contributed by atoms with van der Waals surface area (Å²) in [6, 6.07) is 6.51. The third-order valence-electron chi connectivity index (χ3n) is 2.64. The summed E-state index contributed by atoms with van der Waals surface area (Å²) in [5.41, 5.74) is 1.22. The smallest absolute Gasteiger partial charge is 0.319 e. The van der Waals surface area contributed by atoms with Crippen LogP contribution in [0.4, 0.5) is 10.5 Å². The Hall–Kier alpha value is -2.04. The van der Waals surface area contributed by atoms with Gasteiger partial charge in [-0.1, -0.05) is 13.8 Å². The maximum Gasteiger partial charge on any atom is 0.319 e. The van der Waals surface area contributed by atoms with E-state index < -0.39 is 0 Å². The number of benzene rings is 1.